The number of ether oxygens (including phenoxy) is 2. The van der Waals surface area contributed by atoms with Crippen molar-refractivity contribution in [3.63, 3.8) is 0 Å². The summed E-state index contributed by atoms with van der Waals surface area (Å²) in [6.45, 7) is 9.03. The fraction of sp³-hybridized carbons (Fsp3) is 0.375. The quantitative estimate of drug-likeness (QED) is 0.525. The van der Waals surface area contributed by atoms with Gasteiger partial charge in [0.05, 0.1) is 11.9 Å². The number of hydrogen-bond donors (Lipinski definition) is 3. The van der Waals surface area contributed by atoms with Crippen molar-refractivity contribution >= 4 is 34.2 Å². The highest BCUT2D eigenvalue weighted by Gasteiger charge is 2.15. The highest BCUT2D eigenvalue weighted by Crippen LogP contribution is 2.31. The van der Waals surface area contributed by atoms with Crippen LogP contribution in [-0.2, 0) is 16.0 Å². The Bertz CT molecular complexity index is 1090. The molecule has 2 amide bonds. The largest absolute Gasteiger partial charge is 0.486 e. The summed E-state index contributed by atoms with van der Waals surface area (Å²) in [5, 5.41) is 13.6. The molecule has 1 aliphatic heterocycles. The molecule has 0 saturated heterocycles. The van der Waals surface area contributed by atoms with Gasteiger partial charge in [-0.2, -0.15) is 5.10 Å². The van der Waals surface area contributed by atoms with Crippen LogP contribution in [0.1, 0.15) is 39.7 Å². The SMILES string of the molecule is CC.CC(C)CC(=O)Nc1ccc2c(NC(=O)Cc3ccc4c(c3)OCCO4)n[nH]c2c1. The predicted molar refractivity (Wildman–Crippen MR) is 125 cm³/mol. The van der Waals surface area contributed by atoms with E-state index in [4.69, 9.17) is 9.47 Å². The maximum Gasteiger partial charge on any atom is 0.230 e. The van der Waals surface area contributed by atoms with Gasteiger partial charge in [0.2, 0.25) is 11.8 Å². The third-order valence-corrected chi connectivity index (χ3v) is 4.67. The minimum absolute atomic E-state index is 0.0307. The zero-order valence-corrected chi connectivity index (χ0v) is 19.0. The van der Waals surface area contributed by atoms with Crippen molar-refractivity contribution in [2.45, 2.75) is 40.5 Å². The van der Waals surface area contributed by atoms with E-state index in [1.807, 2.05) is 52.0 Å². The van der Waals surface area contributed by atoms with Crippen LogP contribution in [0.5, 0.6) is 11.5 Å². The van der Waals surface area contributed by atoms with Crippen LogP contribution in [-0.4, -0.2) is 35.2 Å². The normalized spacial score (nSPS) is 12.2. The summed E-state index contributed by atoms with van der Waals surface area (Å²) in [7, 11) is 0. The van der Waals surface area contributed by atoms with Gasteiger partial charge in [-0.3, -0.25) is 14.7 Å². The molecule has 3 N–H and O–H groups in total. The number of hydrogen-bond acceptors (Lipinski definition) is 5. The lowest BCUT2D eigenvalue weighted by Gasteiger charge is -2.18. The van der Waals surface area contributed by atoms with Crippen LogP contribution in [0, 0.1) is 5.92 Å². The molecule has 0 atom stereocenters. The second-order valence-electron chi connectivity index (χ2n) is 7.68. The molecular weight excluding hydrogens is 408 g/mol. The zero-order valence-electron chi connectivity index (χ0n) is 19.0. The van der Waals surface area contributed by atoms with Crippen molar-refractivity contribution in [1.82, 2.24) is 10.2 Å². The molecule has 0 unspecified atom stereocenters. The molecule has 1 aliphatic rings. The van der Waals surface area contributed by atoms with E-state index in [0.717, 1.165) is 16.5 Å². The molecule has 0 radical (unpaired) electrons. The molecule has 32 heavy (non-hydrogen) atoms. The minimum Gasteiger partial charge on any atom is -0.486 e. The van der Waals surface area contributed by atoms with E-state index in [9.17, 15) is 9.59 Å². The first kappa shape index (κ1) is 23.1. The van der Waals surface area contributed by atoms with Gasteiger partial charge >= 0.3 is 0 Å². The number of anilines is 2. The van der Waals surface area contributed by atoms with Gasteiger partial charge in [0.1, 0.15) is 13.2 Å². The van der Waals surface area contributed by atoms with E-state index < -0.39 is 0 Å². The molecule has 2 heterocycles. The summed E-state index contributed by atoms with van der Waals surface area (Å²) in [6, 6.07) is 10.9. The number of rotatable bonds is 6. The Kier molecular flexibility index (Phi) is 7.70. The number of aromatic amines is 1. The standard InChI is InChI=1S/C22H24N4O4.C2H6/c1-13(2)9-20(27)23-15-4-5-16-17(12-15)25-26-22(16)24-21(28)11-14-3-6-18-19(10-14)30-8-7-29-18;1-2/h3-6,10,12-13H,7-9,11H2,1-2H3,(H,23,27)(H2,24,25,26,28);1-2H3. The Morgan fingerprint density at radius 1 is 1.00 bits per heavy atom. The molecule has 0 saturated carbocycles. The number of amides is 2. The summed E-state index contributed by atoms with van der Waals surface area (Å²) in [4.78, 5) is 24.5. The summed E-state index contributed by atoms with van der Waals surface area (Å²) in [5.41, 5.74) is 2.24. The van der Waals surface area contributed by atoms with Gasteiger partial charge in [0.25, 0.3) is 0 Å². The van der Waals surface area contributed by atoms with Crippen molar-refractivity contribution in [2.75, 3.05) is 23.8 Å². The molecule has 1 aromatic heterocycles. The first-order chi connectivity index (χ1) is 15.5. The van der Waals surface area contributed by atoms with E-state index in [1.54, 1.807) is 12.1 Å². The number of carbonyl (C=O) groups is 2. The zero-order chi connectivity index (χ0) is 23.1. The molecule has 8 heteroatoms. The average Bonchev–Trinajstić information content (AvgIpc) is 3.16. The molecule has 2 aromatic carbocycles. The Balaban J connectivity index is 0.00000141. The Morgan fingerprint density at radius 2 is 1.75 bits per heavy atom. The smallest absolute Gasteiger partial charge is 0.230 e. The van der Waals surface area contributed by atoms with Gasteiger partial charge < -0.3 is 20.1 Å². The lowest BCUT2D eigenvalue weighted by molar-refractivity contribution is -0.117. The van der Waals surface area contributed by atoms with Crippen molar-refractivity contribution in [1.29, 1.82) is 0 Å². The molecule has 8 nitrogen and oxygen atoms in total. The Morgan fingerprint density at radius 3 is 2.50 bits per heavy atom. The molecule has 0 aliphatic carbocycles. The first-order valence-electron chi connectivity index (χ1n) is 10.9. The topological polar surface area (TPSA) is 105 Å². The van der Waals surface area contributed by atoms with Gasteiger partial charge in [-0.05, 0) is 41.8 Å². The summed E-state index contributed by atoms with van der Waals surface area (Å²) in [6.07, 6.45) is 0.649. The monoisotopic (exact) mass is 438 g/mol. The lowest BCUT2D eigenvalue weighted by Crippen LogP contribution is -2.17. The van der Waals surface area contributed by atoms with Crippen molar-refractivity contribution in [3.05, 3.63) is 42.0 Å². The highest BCUT2D eigenvalue weighted by atomic mass is 16.6. The van der Waals surface area contributed by atoms with E-state index >= 15 is 0 Å². The van der Waals surface area contributed by atoms with Crippen LogP contribution in [0.4, 0.5) is 11.5 Å². The van der Waals surface area contributed by atoms with Gasteiger partial charge in [-0.15, -0.1) is 0 Å². The van der Waals surface area contributed by atoms with Crippen LogP contribution < -0.4 is 20.1 Å². The fourth-order valence-electron chi connectivity index (χ4n) is 3.33. The molecule has 0 bridgehead atoms. The van der Waals surface area contributed by atoms with E-state index in [2.05, 4.69) is 20.8 Å². The molecule has 170 valence electrons. The van der Waals surface area contributed by atoms with Crippen LogP contribution in [0.15, 0.2) is 36.4 Å². The molecule has 4 rings (SSSR count). The minimum atomic E-state index is -0.186. The maximum atomic E-state index is 12.5. The molecule has 0 fully saturated rings. The van der Waals surface area contributed by atoms with Crippen molar-refractivity contribution in [2.24, 2.45) is 5.92 Å². The molecule has 3 aromatic rings. The number of nitrogens with zero attached hydrogens (tertiary/aromatic N) is 1. The third kappa shape index (κ3) is 5.78. The van der Waals surface area contributed by atoms with Gasteiger partial charge in [0.15, 0.2) is 17.3 Å². The van der Waals surface area contributed by atoms with Gasteiger partial charge in [-0.1, -0.05) is 33.8 Å². The fourth-order valence-corrected chi connectivity index (χ4v) is 3.33. The summed E-state index contributed by atoms with van der Waals surface area (Å²) in [5.74, 6) is 1.87. The van der Waals surface area contributed by atoms with Crippen LogP contribution >= 0.6 is 0 Å². The molecule has 0 spiro atoms. The molecular formula is C24H30N4O4. The second kappa shape index (κ2) is 10.7. The van der Waals surface area contributed by atoms with Gasteiger partial charge in [0, 0.05) is 17.5 Å². The van der Waals surface area contributed by atoms with Crippen molar-refractivity contribution < 1.29 is 19.1 Å². The lowest BCUT2D eigenvalue weighted by atomic mass is 10.1. The number of H-pyrrole nitrogens is 1. The van der Waals surface area contributed by atoms with Crippen molar-refractivity contribution in [3.8, 4) is 11.5 Å². The predicted octanol–water partition coefficient (Wildman–Crippen LogP) is 4.53. The average molecular weight is 439 g/mol. The second-order valence-corrected chi connectivity index (χ2v) is 7.68. The van der Waals surface area contributed by atoms with Crippen LogP contribution in [0.3, 0.4) is 0 Å². The number of nitrogens with one attached hydrogen (secondary N) is 3. The Hall–Kier alpha value is -3.55. The summed E-state index contributed by atoms with van der Waals surface area (Å²) < 4.78 is 11.1. The van der Waals surface area contributed by atoms with E-state index in [1.165, 1.54) is 0 Å². The van der Waals surface area contributed by atoms with Gasteiger partial charge in [-0.25, -0.2) is 0 Å². The maximum absolute atomic E-state index is 12.5. The summed E-state index contributed by atoms with van der Waals surface area (Å²) >= 11 is 0. The number of carbonyl (C=O) groups excluding carboxylic acids is 2. The Labute approximate surface area is 187 Å². The van der Waals surface area contributed by atoms with E-state index in [0.29, 0.717) is 42.6 Å². The number of aromatic nitrogens is 2. The third-order valence-electron chi connectivity index (χ3n) is 4.67. The van der Waals surface area contributed by atoms with Crippen LogP contribution in [0.25, 0.3) is 10.9 Å². The number of fused-ring (bicyclic) bond motifs is 2. The first-order valence-corrected chi connectivity index (χ1v) is 10.9. The number of benzene rings is 2. The highest BCUT2D eigenvalue weighted by molar-refractivity contribution is 6.02. The van der Waals surface area contributed by atoms with E-state index in [-0.39, 0.29) is 24.2 Å². The van der Waals surface area contributed by atoms with Crippen LogP contribution in [0.2, 0.25) is 0 Å².